The van der Waals surface area contributed by atoms with Crippen molar-refractivity contribution in [2.24, 2.45) is 11.5 Å². The van der Waals surface area contributed by atoms with Crippen LogP contribution in [-0.4, -0.2) is 77.2 Å². The second-order valence-electron chi connectivity index (χ2n) is 8.34. The van der Waals surface area contributed by atoms with Crippen molar-refractivity contribution in [2.45, 2.75) is 50.5 Å². The van der Waals surface area contributed by atoms with Crippen molar-refractivity contribution in [3.63, 3.8) is 0 Å². The van der Waals surface area contributed by atoms with E-state index in [0.29, 0.717) is 11.5 Å². The summed E-state index contributed by atoms with van der Waals surface area (Å²) in [5, 5.41) is 30.6. The summed E-state index contributed by atoms with van der Waals surface area (Å²) in [4.78, 5) is 37.8. The van der Waals surface area contributed by atoms with Crippen LogP contribution in [0.1, 0.15) is 46.7 Å². The highest BCUT2D eigenvalue weighted by Gasteiger charge is 2.38. The van der Waals surface area contributed by atoms with Crippen LogP contribution in [0, 0.1) is 0 Å². The fraction of sp³-hybridized carbons (Fsp3) is 0.429. The number of nitrogens with zero attached hydrogens (tertiary/aromatic N) is 5. The van der Waals surface area contributed by atoms with Gasteiger partial charge in [0.15, 0.2) is 5.69 Å². The van der Waals surface area contributed by atoms with E-state index >= 15 is 0 Å². The molecule has 0 radical (unpaired) electrons. The number of carbonyl (C=O) groups excluding carboxylic acids is 2. The van der Waals surface area contributed by atoms with E-state index in [-0.39, 0.29) is 42.3 Å². The molecule has 14 nitrogen and oxygen atoms in total. The number of carboxylic acid groups (broad SMARTS) is 1. The van der Waals surface area contributed by atoms with Crippen molar-refractivity contribution >= 4 is 34.9 Å². The maximum absolute atomic E-state index is 12.9. The number of rotatable bonds is 7. The number of aliphatic carboxylic acids is 1. The van der Waals surface area contributed by atoms with E-state index in [1.165, 1.54) is 15.4 Å². The molecule has 3 aromatic rings. The zero-order valence-corrected chi connectivity index (χ0v) is 19.9. The number of aromatic nitrogens is 5. The predicted molar refractivity (Wildman–Crippen MR) is 126 cm³/mol. The SMILES string of the molecule is NC(=O)c1nn(CCO)cc1NC(=O)c1ccc2cnc(N[C@@H]3CCCC[C@@H]3N)nn12.O=C(O)C(F)(F)F. The van der Waals surface area contributed by atoms with E-state index in [1.807, 2.05) is 0 Å². The van der Waals surface area contributed by atoms with Gasteiger partial charge < -0.3 is 32.3 Å². The third kappa shape index (κ3) is 6.94. The van der Waals surface area contributed by atoms with Crippen LogP contribution in [-0.2, 0) is 11.3 Å². The summed E-state index contributed by atoms with van der Waals surface area (Å²) >= 11 is 0. The van der Waals surface area contributed by atoms with Gasteiger partial charge >= 0.3 is 12.1 Å². The minimum atomic E-state index is -5.08. The second-order valence-corrected chi connectivity index (χ2v) is 8.34. The molecule has 0 bridgehead atoms. The molecule has 4 rings (SSSR count). The van der Waals surface area contributed by atoms with Gasteiger partial charge in [-0.25, -0.2) is 14.3 Å². The number of primary amides is 1. The van der Waals surface area contributed by atoms with Crippen LogP contribution in [0.15, 0.2) is 24.5 Å². The summed E-state index contributed by atoms with van der Waals surface area (Å²) in [5.41, 5.74) is 12.5. The lowest BCUT2D eigenvalue weighted by Crippen LogP contribution is -2.43. The third-order valence-corrected chi connectivity index (χ3v) is 5.58. The van der Waals surface area contributed by atoms with Crippen LogP contribution in [0.2, 0.25) is 0 Å². The first-order valence-electron chi connectivity index (χ1n) is 11.4. The Balaban J connectivity index is 0.000000505. The molecule has 38 heavy (non-hydrogen) atoms. The second kappa shape index (κ2) is 11.9. The quantitative estimate of drug-likeness (QED) is 0.245. The van der Waals surface area contributed by atoms with Gasteiger partial charge in [0.1, 0.15) is 5.69 Å². The molecule has 0 aromatic carbocycles. The Morgan fingerprint density at radius 3 is 2.45 bits per heavy atom. The van der Waals surface area contributed by atoms with E-state index in [1.54, 1.807) is 18.3 Å². The number of alkyl halides is 3. The highest BCUT2D eigenvalue weighted by Crippen LogP contribution is 2.21. The normalized spacial score (nSPS) is 17.4. The van der Waals surface area contributed by atoms with Gasteiger partial charge in [0.25, 0.3) is 11.8 Å². The smallest absolute Gasteiger partial charge is 0.475 e. The molecule has 1 saturated carbocycles. The average molecular weight is 541 g/mol. The molecule has 0 unspecified atom stereocenters. The van der Waals surface area contributed by atoms with Crippen LogP contribution in [0.5, 0.6) is 0 Å². The molecule has 2 amide bonds. The molecule has 1 fully saturated rings. The predicted octanol–water partition coefficient (Wildman–Crippen LogP) is 0.584. The minimum Gasteiger partial charge on any atom is -0.475 e. The van der Waals surface area contributed by atoms with E-state index < -0.39 is 24.0 Å². The Morgan fingerprint density at radius 1 is 1.16 bits per heavy atom. The molecule has 0 spiro atoms. The maximum Gasteiger partial charge on any atom is 0.490 e. The lowest BCUT2D eigenvalue weighted by atomic mass is 9.91. The summed E-state index contributed by atoms with van der Waals surface area (Å²) in [6.45, 7) is -0.0102. The van der Waals surface area contributed by atoms with Crippen LogP contribution < -0.4 is 22.1 Å². The number of nitrogens with two attached hydrogens (primary N) is 2. The fourth-order valence-corrected chi connectivity index (χ4v) is 3.74. The summed E-state index contributed by atoms with van der Waals surface area (Å²) in [5.74, 6) is -3.66. The van der Waals surface area contributed by atoms with Crippen molar-refractivity contribution in [2.75, 3.05) is 17.2 Å². The lowest BCUT2D eigenvalue weighted by molar-refractivity contribution is -0.192. The molecule has 3 aromatic heterocycles. The first-order chi connectivity index (χ1) is 17.9. The highest BCUT2D eigenvalue weighted by molar-refractivity contribution is 6.07. The van der Waals surface area contributed by atoms with Crippen LogP contribution in [0.3, 0.4) is 0 Å². The number of aliphatic hydroxyl groups excluding tert-OH is 1. The number of hydrogen-bond acceptors (Lipinski definition) is 9. The molecule has 206 valence electrons. The first kappa shape index (κ1) is 28.3. The van der Waals surface area contributed by atoms with Gasteiger partial charge in [-0.05, 0) is 25.0 Å². The number of anilines is 2. The zero-order chi connectivity index (χ0) is 28.0. The van der Waals surface area contributed by atoms with Crippen molar-refractivity contribution in [3.05, 3.63) is 35.9 Å². The van der Waals surface area contributed by atoms with Crippen LogP contribution >= 0.6 is 0 Å². The van der Waals surface area contributed by atoms with Crippen molar-refractivity contribution in [1.29, 1.82) is 0 Å². The fourth-order valence-electron chi connectivity index (χ4n) is 3.74. The Morgan fingerprint density at radius 2 is 1.84 bits per heavy atom. The topological polar surface area (TPSA) is 216 Å². The summed E-state index contributed by atoms with van der Waals surface area (Å²) < 4.78 is 34.5. The molecule has 1 aliphatic carbocycles. The number of aliphatic hydroxyl groups is 1. The van der Waals surface area contributed by atoms with Gasteiger partial charge in [0.2, 0.25) is 5.95 Å². The largest absolute Gasteiger partial charge is 0.490 e. The Labute approximate surface area is 212 Å². The molecule has 1 aliphatic rings. The third-order valence-electron chi connectivity index (χ3n) is 5.58. The molecule has 2 atom stereocenters. The Kier molecular flexibility index (Phi) is 8.84. The lowest BCUT2D eigenvalue weighted by Gasteiger charge is -2.29. The molecule has 3 heterocycles. The zero-order valence-electron chi connectivity index (χ0n) is 19.9. The van der Waals surface area contributed by atoms with E-state index in [4.69, 9.17) is 26.5 Å². The monoisotopic (exact) mass is 541 g/mol. The van der Waals surface area contributed by atoms with Gasteiger partial charge in [-0.1, -0.05) is 12.8 Å². The number of amides is 2. The Hall–Kier alpha value is -4.25. The summed E-state index contributed by atoms with van der Waals surface area (Å²) in [6, 6.07) is 3.44. The minimum absolute atomic E-state index is 0.0307. The highest BCUT2D eigenvalue weighted by atomic mass is 19.4. The summed E-state index contributed by atoms with van der Waals surface area (Å²) in [7, 11) is 0. The van der Waals surface area contributed by atoms with E-state index in [0.717, 1.165) is 25.7 Å². The number of hydrogen-bond donors (Lipinski definition) is 6. The van der Waals surface area contributed by atoms with Crippen molar-refractivity contribution in [1.82, 2.24) is 24.4 Å². The number of halogens is 3. The van der Waals surface area contributed by atoms with Gasteiger partial charge in [-0.2, -0.15) is 18.3 Å². The van der Waals surface area contributed by atoms with Crippen LogP contribution in [0.4, 0.5) is 24.8 Å². The number of carboxylic acids is 1. The van der Waals surface area contributed by atoms with Gasteiger partial charge in [0.05, 0.1) is 30.6 Å². The molecule has 0 saturated heterocycles. The number of carbonyl (C=O) groups is 3. The van der Waals surface area contributed by atoms with Crippen molar-refractivity contribution in [3.8, 4) is 0 Å². The average Bonchev–Trinajstić information content (AvgIpc) is 3.44. The Bertz CT molecular complexity index is 1310. The van der Waals surface area contributed by atoms with Gasteiger partial charge in [-0.3, -0.25) is 14.3 Å². The summed E-state index contributed by atoms with van der Waals surface area (Å²) in [6.07, 6.45) is 2.07. The molecule has 8 N–H and O–H groups in total. The van der Waals surface area contributed by atoms with E-state index in [2.05, 4.69) is 25.8 Å². The number of fused-ring (bicyclic) bond motifs is 1. The molecular formula is C21H26F3N9O5. The standard InChI is InChI=1S/C19H25N9O3.C2HF3O2/c20-12-3-1-2-4-13(12)24-19-22-9-11-5-6-15(28(11)26-19)18(31)23-14-10-27(7-8-29)25-16(14)17(21)30;3-2(4,5)1(6)7/h5-6,9-10,12-13,29H,1-4,7-8,20H2,(H2,21,30)(H,23,31)(H,24,26);(H,6,7)/t12-,13+;/m0./s1. The van der Waals surface area contributed by atoms with Crippen LogP contribution in [0.25, 0.3) is 5.52 Å². The first-order valence-corrected chi connectivity index (χ1v) is 11.4. The molecule has 17 heteroatoms. The van der Waals surface area contributed by atoms with E-state index in [9.17, 15) is 22.8 Å². The molecule has 0 aliphatic heterocycles. The van der Waals surface area contributed by atoms with Gasteiger partial charge in [0, 0.05) is 18.3 Å². The van der Waals surface area contributed by atoms with Gasteiger partial charge in [-0.15, -0.1) is 5.10 Å². The molecular weight excluding hydrogens is 515 g/mol. The van der Waals surface area contributed by atoms with Crippen molar-refractivity contribution < 1.29 is 37.8 Å². The number of nitrogens with one attached hydrogen (secondary N) is 2. The maximum atomic E-state index is 12.9.